The fourth-order valence-corrected chi connectivity index (χ4v) is 3.31. The number of aromatic amines is 1. The van der Waals surface area contributed by atoms with Gasteiger partial charge in [0.1, 0.15) is 0 Å². The number of nitrogens with one attached hydrogen (secondary N) is 2. The van der Waals surface area contributed by atoms with E-state index in [0.29, 0.717) is 26.1 Å². The molecule has 2 atom stereocenters. The largest absolute Gasteiger partial charge is 0.481 e. The van der Waals surface area contributed by atoms with Gasteiger partial charge in [-0.15, -0.1) is 12.4 Å². The Kier molecular flexibility index (Phi) is 6.45. The van der Waals surface area contributed by atoms with E-state index in [2.05, 4.69) is 16.4 Å². The number of hydrogen-bond acceptors (Lipinski definition) is 3. The highest BCUT2D eigenvalue weighted by atomic mass is 35.5. The number of likely N-dealkylation sites (tertiary alicyclic amines) is 1. The Morgan fingerprint density at radius 2 is 2.16 bits per heavy atom. The highest BCUT2D eigenvalue weighted by Gasteiger charge is 2.32. The molecule has 3 N–H and O–H groups in total. The van der Waals surface area contributed by atoms with Crippen molar-refractivity contribution in [3.63, 3.8) is 0 Å². The number of fused-ring (bicyclic) bond motifs is 1. The van der Waals surface area contributed by atoms with E-state index in [9.17, 15) is 9.59 Å². The number of halogens is 1. The third kappa shape index (κ3) is 4.32. The molecule has 1 saturated heterocycles. The van der Waals surface area contributed by atoms with Gasteiger partial charge in [-0.3, -0.25) is 14.5 Å². The zero-order chi connectivity index (χ0) is 17.1. The number of H-pyrrole nitrogens is 1. The number of nitrogens with zero attached hydrogens (tertiary/aromatic N) is 1. The zero-order valence-electron chi connectivity index (χ0n) is 14.2. The molecule has 1 aromatic heterocycles. The summed E-state index contributed by atoms with van der Waals surface area (Å²) >= 11 is 0. The lowest BCUT2D eigenvalue weighted by atomic mass is 10.1. The van der Waals surface area contributed by atoms with Gasteiger partial charge in [0.05, 0.1) is 12.0 Å². The SMILES string of the molecule is CC(C(=O)NCCc1c[nH]c2ccccc12)N1CCC(C(=O)O)C1.Cl. The Morgan fingerprint density at radius 3 is 2.88 bits per heavy atom. The van der Waals surface area contributed by atoms with Crippen LogP contribution in [0, 0.1) is 5.92 Å². The molecule has 1 amide bonds. The van der Waals surface area contributed by atoms with Crippen LogP contribution in [-0.4, -0.2) is 52.5 Å². The second-order valence-corrected chi connectivity index (χ2v) is 6.40. The first kappa shape index (κ1) is 19.3. The number of carboxylic acids is 1. The van der Waals surface area contributed by atoms with Gasteiger partial charge >= 0.3 is 5.97 Å². The minimum absolute atomic E-state index is 0. The Balaban J connectivity index is 0.00000225. The molecule has 25 heavy (non-hydrogen) atoms. The van der Waals surface area contributed by atoms with E-state index < -0.39 is 5.97 Å². The van der Waals surface area contributed by atoms with Crippen LogP contribution in [0.2, 0.25) is 0 Å². The average Bonchev–Trinajstić information content (AvgIpc) is 3.21. The fourth-order valence-electron chi connectivity index (χ4n) is 3.31. The number of amides is 1. The maximum absolute atomic E-state index is 12.3. The van der Waals surface area contributed by atoms with Crippen molar-refractivity contribution in [1.82, 2.24) is 15.2 Å². The Hall–Kier alpha value is -2.05. The summed E-state index contributed by atoms with van der Waals surface area (Å²) < 4.78 is 0. The molecule has 2 unspecified atom stereocenters. The van der Waals surface area contributed by atoms with Crippen LogP contribution >= 0.6 is 12.4 Å². The van der Waals surface area contributed by atoms with Gasteiger partial charge in [-0.05, 0) is 37.9 Å². The summed E-state index contributed by atoms with van der Waals surface area (Å²) in [4.78, 5) is 28.5. The summed E-state index contributed by atoms with van der Waals surface area (Å²) in [6.07, 6.45) is 3.36. The van der Waals surface area contributed by atoms with Gasteiger partial charge in [0.15, 0.2) is 0 Å². The van der Waals surface area contributed by atoms with Crippen LogP contribution in [0.15, 0.2) is 30.5 Å². The average molecular weight is 366 g/mol. The predicted molar refractivity (Wildman–Crippen MR) is 99.0 cm³/mol. The number of carbonyl (C=O) groups is 2. The van der Waals surface area contributed by atoms with Gasteiger partial charge in [-0.2, -0.15) is 0 Å². The van der Waals surface area contributed by atoms with E-state index in [-0.39, 0.29) is 30.3 Å². The number of para-hydroxylation sites is 1. The molecule has 3 rings (SSSR count). The van der Waals surface area contributed by atoms with Crippen molar-refractivity contribution in [3.05, 3.63) is 36.0 Å². The molecule has 0 spiro atoms. The monoisotopic (exact) mass is 365 g/mol. The van der Waals surface area contributed by atoms with Crippen LogP contribution in [0.5, 0.6) is 0 Å². The van der Waals surface area contributed by atoms with Gasteiger partial charge in [0.25, 0.3) is 0 Å². The summed E-state index contributed by atoms with van der Waals surface area (Å²) in [5, 5.41) is 13.2. The van der Waals surface area contributed by atoms with Crippen LogP contribution in [0.3, 0.4) is 0 Å². The van der Waals surface area contributed by atoms with Gasteiger partial charge in [-0.1, -0.05) is 18.2 Å². The summed E-state index contributed by atoms with van der Waals surface area (Å²) in [5.74, 6) is -1.17. The molecule has 1 aromatic carbocycles. The van der Waals surface area contributed by atoms with Crippen molar-refractivity contribution in [1.29, 1.82) is 0 Å². The van der Waals surface area contributed by atoms with Gasteiger partial charge < -0.3 is 15.4 Å². The minimum atomic E-state index is -0.774. The number of benzene rings is 1. The van der Waals surface area contributed by atoms with E-state index in [1.54, 1.807) is 0 Å². The molecule has 1 aliphatic heterocycles. The van der Waals surface area contributed by atoms with Crippen LogP contribution in [-0.2, 0) is 16.0 Å². The first-order valence-corrected chi connectivity index (χ1v) is 8.36. The molecule has 0 bridgehead atoms. The van der Waals surface area contributed by atoms with Crippen molar-refractivity contribution in [3.8, 4) is 0 Å². The standard InChI is InChI=1S/C18H23N3O3.ClH/c1-12(21-9-7-14(11-21)18(23)24)17(22)19-8-6-13-10-20-16-5-3-2-4-15(13)16;/h2-5,10,12,14,20H,6-9,11H2,1H3,(H,19,22)(H,23,24);1H. The molecule has 2 aromatic rings. The van der Waals surface area contributed by atoms with Crippen LogP contribution in [0.1, 0.15) is 18.9 Å². The number of hydrogen-bond donors (Lipinski definition) is 3. The molecule has 2 heterocycles. The molecule has 0 radical (unpaired) electrons. The lowest BCUT2D eigenvalue weighted by molar-refractivity contribution is -0.141. The molecule has 136 valence electrons. The lowest BCUT2D eigenvalue weighted by Gasteiger charge is -2.23. The predicted octanol–water partition coefficient (Wildman–Crippen LogP) is 2.04. The fraction of sp³-hybridized carbons (Fsp3) is 0.444. The third-order valence-corrected chi connectivity index (χ3v) is 4.86. The van der Waals surface area contributed by atoms with Crippen LogP contribution in [0.25, 0.3) is 10.9 Å². The van der Waals surface area contributed by atoms with E-state index in [1.807, 2.05) is 36.2 Å². The highest BCUT2D eigenvalue weighted by molar-refractivity contribution is 5.85. The van der Waals surface area contributed by atoms with Crippen molar-refractivity contribution in [2.45, 2.75) is 25.8 Å². The molecular formula is C18H24ClN3O3. The normalized spacial score (nSPS) is 18.7. The second kappa shape index (κ2) is 8.36. The van der Waals surface area contributed by atoms with Crippen molar-refractivity contribution in [2.75, 3.05) is 19.6 Å². The molecule has 6 nitrogen and oxygen atoms in total. The highest BCUT2D eigenvalue weighted by Crippen LogP contribution is 2.19. The number of carboxylic acid groups (broad SMARTS) is 1. The smallest absolute Gasteiger partial charge is 0.307 e. The Labute approximate surface area is 153 Å². The van der Waals surface area contributed by atoms with Crippen molar-refractivity contribution >= 4 is 35.2 Å². The quantitative estimate of drug-likeness (QED) is 0.731. The number of aliphatic carboxylic acids is 1. The van der Waals surface area contributed by atoms with E-state index >= 15 is 0 Å². The van der Waals surface area contributed by atoms with Gasteiger partial charge in [0, 0.05) is 30.2 Å². The molecule has 0 aliphatic carbocycles. The van der Waals surface area contributed by atoms with Crippen LogP contribution < -0.4 is 5.32 Å². The summed E-state index contributed by atoms with van der Waals surface area (Å²) in [5.41, 5.74) is 2.29. The second-order valence-electron chi connectivity index (χ2n) is 6.40. The molecule has 1 aliphatic rings. The van der Waals surface area contributed by atoms with Crippen molar-refractivity contribution in [2.24, 2.45) is 5.92 Å². The van der Waals surface area contributed by atoms with Gasteiger partial charge in [0.2, 0.25) is 5.91 Å². The molecule has 1 fully saturated rings. The lowest BCUT2D eigenvalue weighted by Crippen LogP contribution is -2.44. The summed E-state index contributed by atoms with van der Waals surface area (Å²) in [6.45, 7) is 3.52. The topological polar surface area (TPSA) is 85.4 Å². The summed E-state index contributed by atoms with van der Waals surface area (Å²) in [7, 11) is 0. The number of aromatic nitrogens is 1. The van der Waals surface area contributed by atoms with Crippen molar-refractivity contribution < 1.29 is 14.7 Å². The third-order valence-electron chi connectivity index (χ3n) is 4.86. The Bertz CT molecular complexity index is 746. The van der Waals surface area contributed by atoms with E-state index in [1.165, 1.54) is 10.9 Å². The number of rotatable bonds is 6. The van der Waals surface area contributed by atoms with E-state index in [4.69, 9.17) is 5.11 Å². The maximum atomic E-state index is 12.3. The zero-order valence-corrected chi connectivity index (χ0v) is 15.0. The first-order valence-electron chi connectivity index (χ1n) is 8.36. The minimum Gasteiger partial charge on any atom is -0.481 e. The number of carbonyl (C=O) groups excluding carboxylic acids is 1. The Morgan fingerprint density at radius 1 is 1.40 bits per heavy atom. The maximum Gasteiger partial charge on any atom is 0.307 e. The van der Waals surface area contributed by atoms with Crippen LogP contribution in [0.4, 0.5) is 0 Å². The molecule has 7 heteroatoms. The molecule has 0 saturated carbocycles. The first-order chi connectivity index (χ1) is 11.6. The molecular weight excluding hydrogens is 342 g/mol. The van der Waals surface area contributed by atoms with E-state index in [0.717, 1.165) is 11.9 Å². The van der Waals surface area contributed by atoms with Gasteiger partial charge in [-0.25, -0.2) is 0 Å². The summed E-state index contributed by atoms with van der Waals surface area (Å²) in [6, 6.07) is 7.81.